The molecule has 0 aromatic carbocycles. The van der Waals surface area contributed by atoms with Gasteiger partial charge in [-0.05, 0) is 69.8 Å². The van der Waals surface area contributed by atoms with E-state index in [2.05, 4.69) is 6.08 Å². The maximum absolute atomic E-state index is 12.9. The van der Waals surface area contributed by atoms with Crippen molar-refractivity contribution in [3.63, 3.8) is 0 Å². The largest absolute Gasteiger partial charge is 0.459 e. The molecule has 0 unspecified atom stereocenters. The number of aliphatic hydroxyl groups is 1. The molecule has 1 amide bonds. The van der Waals surface area contributed by atoms with E-state index >= 15 is 0 Å². The minimum absolute atomic E-state index is 0.0364. The number of likely N-dealkylation sites (tertiary alicyclic amines) is 1. The summed E-state index contributed by atoms with van der Waals surface area (Å²) in [7, 11) is 0. The molecule has 0 aromatic heterocycles. The maximum Gasteiger partial charge on any atom is 0.288 e. The first-order valence-electron chi connectivity index (χ1n) is 10.1. The first kappa shape index (κ1) is 18.7. The van der Waals surface area contributed by atoms with Crippen LogP contribution in [0.25, 0.3) is 0 Å². The lowest BCUT2D eigenvalue weighted by Crippen LogP contribution is -2.44. The molecule has 1 saturated heterocycles. The Kier molecular flexibility index (Phi) is 6.77. The number of piperidine rings is 1. The fourth-order valence-corrected chi connectivity index (χ4v) is 4.39. The highest BCUT2D eigenvalue weighted by Crippen LogP contribution is 2.44. The van der Waals surface area contributed by atoms with Gasteiger partial charge in [0, 0.05) is 32.2 Å². The van der Waals surface area contributed by atoms with Gasteiger partial charge >= 0.3 is 0 Å². The highest BCUT2D eigenvalue weighted by molar-refractivity contribution is 5.91. The second-order valence-corrected chi connectivity index (χ2v) is 7.62. The summed E-state index contributed by atoms with van der Waals surface area (Å²) in [6.07, 6.45) is 10.5. The van der Waals surface area contributed by atoms with E-state index in [4.69, 9.17) is 9.47 Å². The van der Waals surface area contributed by atoms with Crippen LogP contribution in [-0.4, -0.2) is 48.5 Å². The fourth-order valence-electron chi connectivity index (χ4n) is 4.39. The molecule has 2 aliphatic heterocycles. The van der Waals surface area contributed by atoms with E-state index < -0.39 is 0 Å². The van der Waals surface area contributed by atoms with Gasteiger partial charge in [-0.2, -0.15) is 0 Å². The minimum atomic E-state index is -0.365. The van der Waals surface area contributed by atoms with Gasteiger partial charge in [0.1, 0.15) is 0 Å². The topological polar surface area (TPSA) is 59.0 Å². The van der Waals surface area contributed by atoms with Crippen LogP contribution in [0.15, 0.2) is 11.8 Å². The molecular formula is C20H33NO4. The average molecular weight is 351 g/mol. The maximum atomic E-state index is 12.9. The summed E-state index contributed by atoms with van der Waals surface area (Å²) in [5, 5.41) is 9.26. The van der Waals surface area contributed by atoms with Crippen molar-refractivity contribution in [3.8, 4) is 0 Å². The van der Waals surface area contributed by atoms with Crippen LogP contribution in [0.2, 0.25) is 0 Å². The molecule has 25 heavy (non-hydrogen) atoms. The molecule has 142 valence electrons. The second-order valence-electron chi connectivity index (χ2n) is 7.62. The fraction of sp³-hybridized carbons (Fsp3) is 0.850. The smallest absolute Gasteiger partial charge is 0.288 e. The molecule has 0 aromatic rings. The van der Waals surface area contributed by atoms with Crippen molar-refractivity contribution in [3.05, 3.63) is 11.8 Å². The number of amides is 1. The molecule has 1 N–H and O–H groups in total. The monoisotopic (exact) mass is 351 g/mol. The Bertz CT molecular complexity index is 468. The van der Waals surface area contributed by atoms with Gasteiger partial charge < -0.3 is 19.5 Å². The van der Waals surface area contributed by atoms with Crippen molar-refractivity contribution in [1.29, 1.82) is 0 Å². The Hall–Kier alpha value is -1.07. The molecule has 1 aliphatic carbocycles. The highest BCUT2D eigenvalue weighted by atomic mass is 16.7. The standard InChI is InChI=1S/C20H33NO4/c1-2-24-20-16(10-7-13-22)17(15-8-6-9-15)14-18(25-20)19(23)21-11-4-3-5-12-21/h14-17,20,22H,2-13H2,1H3/t16-,17-,20-/m0/s1. The molecule has 5 nitrogen and oxygen atoms in total. The predicted octanol–water partition coefficient (Wildman–Crippen LogP) is 3.08. The number of carbonyl (C=O) groups is 1. The summed E-state index contributed by atoms with van der Waals surface area (Å²) in [6, 6.07) is 0. The molecule has 2 fully saturated rings. The van der Waals surface area contributed by atoms with Gasteiger partial charge in [0.25, 0.3) is 5.91 Å². The van der Waals surface area contributed by atoms with Crippen molar-refractivity contribution in [2.24, 2.45) is 17.8 Å². The summed E-state index contributed by atoms with van der Waals surface area (Å²) in [6.45, 7) is 4.40. The Labute approximate surface area is 151 Å². The first-order chi connectivity index (χ1) is 12.2. The van der Waals surface area contributed by atoms with Gasteiger partial charge in [-0.15, -0.1) is 0 Å². The number of aliphatic hydroxyl groups excluding tert-OH is 1. The molecule has 0 radical (unpaired) electrons. The molecule has 5 heteroatoms. The summed E-state index contributed by atoms with van der Waals surface area (Å²) < 4.78 is 12.0. The second kappa shape index (κ2) is 9.04. The lowest BCUT2D eigenvalue weighted by atomic mass is 9.68. The van der Waals surface area contributed by atoms with Crippen LogP contribution in [0.4, 0.5) is 0 Å². The van der Waals surface area contributed by atoms with Gasteiger partial charge in [-0.25, -0.2) is 0 Å². The van der Waals surface area contributed by atoms with E-state index in [0.29, 0.717) is 24.2 Å². The normalized spacial score (nSPS) is 30.4. The Balaban J connectivity index is 1.79. The molecule has 3 aliphatic rings. The molecule has 1 saturated carbocycles. The number of rotatable bonds is 7. The van der Waals surface area contributed by atoms with Crippen molar-refractivity contribution >= 4 is 5.91 Å². The van der Waals surface area contributed by atoms with Crippen LogP contribution in [0, 0.1) is 17.8 Å². The van der Waals surface area contributed by atoms with Gasteiger partial charge in [0.15, 0.2) is 5.76 Å². The van der Waals surface area contributed by atoms with Crippen molar-refractivity contribution < 1.29 is 19.4 Å². The number of ether oxygens (including phenoxy) is 2. The SMILES string of the molecule is CCO[C@H]1OC(C(=O)N2CCCCC2)=C[C@@H](C2CCC2)[C@@H]1CCCO. The molecule has 3 atom stereocenters. The molecule has 3 rings (SSSR count). The Morgan fingerprint density at radius 2 is 2.04 bits per heavy atom. The minimum Gasteiger partial charge on any atom is -0.459 e. The molecular weight excluding hydrogens is 318 g/mol. The van der Waals surface area contributed by atoms with Crippen LogP contribution >= 0.6 is 0 Å². The summed E-state index contributed by atoms with van der Waals surface area (Å²) in [5.74, 6) is 1.72. The van der Waals surface area contributed by atoms with Crippen LogP contribution in [-0.2, 0) is 14.3 Å². The van der Waals surface area contributed by atoms with E-state index in [0.717, 1.165) is 38.8 Å². The summed E-state index contributed by atoms with van der Waals surface area (Å²) in [4.78, 5) is 14.9. The van der Waals surface area contributed by atoms with E-state index in [-0.39, 0.29) is 24.7 Å². The zero-order valence-electron chi connectivity index (χ0n) is 15.5. The third-order valence-corrected chi connectivity index (χ3v) is 6.01. The van der Waals surface area contributed by atoms with Crippen LogP contribution in [0.1, 0.15) is 58.3 Å². The van der Waals surface area contributed by atoms with Crippen LogP contribution in [0.3, 0.4) is 0 Å². The lowest BCUT2D eigenvalue weighted by Gasteiger charge is -2.43. The van der Waals surface area contributed by atoms with Crippen LogP contribution < -0.4 is 0 Å². The van der Waals surface area contributed by atoms with E-state index in [1.807, 2.05) is 11.8 Å². The summed E-state index contributed by atoms with van der Waals surface area (Å²) in [5.41, 5.74) is 0. The van der Waals surface area contributed by atoms with Gasteiger partial charge in [0.05, 0.1) is 0 Å². The van der Waals surface area contributed by atoms with Crippen molar-refractivity contribution in [2.75, 3.05) is 26.3 Å². The van der Waals surface area contributed by atoms with E-state index in [1.54, 1.807) is 0 Å². The summed E-state index contributed by atoms with van der Waals surface area (Å²) >= 11 is 0. The number of hydrogen-bond acceptors (Lipinski definition) is 4. The Morgan fingerprint density at radius 1 is 1.28 bits per heavy atom. The number of hydrogen-bond donors (Lipinski definition) is 1. The zero-order chi connectivity index (χ0) is 17.6. The number of nitrogens with zero attached hydrogens (tertiary/aromatic N) is 1. The quantitative estimate of drug-likeness (QED) is 0.766. The van der Waals surface area contributed by atoms with Gasteiger partial charge in [-0.3, -0.25) is 4.79 Å². The third kappa shape index (κ3) is 4.37. The Morgan fingerprint density at radius 3 is 2.64 bits per heavy atom. The molecule has 0 spiro atoms. The van der Waals surface area contributed by atoms with Crippen molar-refractivity contribution in [2.45, 2.75) is 64.6 Å². The molecule has 0 bridgehead atoms. The van der Waals surface area contributed by atoms with Crippen LogP contribution in [0.5, 0.6) is 0 Å². The molecule has 2 heterocycles. The van der Waals surface area contributed by atoms with Crippen molar-refractivity contribution in [1.82, 2.24) is 4.90 Å². The number of allylic oxidation sites excluding steroid dienone is 1. The van der Waals surface area contributed by atoms with Gasteiger partial charge in [-0.1, -0.05) is 6.42 Å². The highest BCUT2D eigenvalue weighted by Gasteiger charge is 2.42. The zero-order valence-corrected chi connectivity index (χ0v) is 15.5. The third-order valence-electron chi connectivity index (χ3n) is 6.01. The number of carbonyl (C=O) groups excluding carboxylic acids is 1. The lowest BCUT2D eigenvalue weighted by molar-refractivity contribution is -0.181. The van der Waals surface area contributed by atoms with Gasteiger partial charge in [0.2, 0.25) is 6.29 Å². The first-order valence-corrected chi connectivity index (χ1v) is 10.1. The van der Waals surface area contributed by atoms with E-state index in [1.165, 1.54) is 25.7 Å². The predicted molar refractivity (Wildman–Crippen MR) is 95.7 cm³/mol. The average Bonchev–Trinajstić information content (AvgIpc) is 2.60. The van der Waals surface area contributed by atoms with E-state index in [9.17, 15) is 9.90 Å².